The van der Waals surface area contributed by atoms with Gasteiger partial charge in [-0.3, -0.25) is 4.79 Å². The summed E-state index contributed by atoms with van der Waals surface area (Å²) >= 11 is 0. The highest BCUT2D eigenvalue weighted by Crippen LogP contribution is 2.20. The number of aromatic nitrogens is 1. The molecule has 0 spiro atoms. The zero-order valence-corrected chi connectivity index (χ0v) is 15.1. The minimum atomic E-state index is -0.239. The maximum absolute atomic E-state index is 12.3. The summed E-state index contributed by atoms with van der Waals surface area (Å²) in [6.45, 7) is 0.892. The van der Waals surface area contributed by atoms with Crippen LogP contribution in [-0.4, -0.2) is 24.5 Å². The highest BCUT2D eigenvalue weighted by atomic mass is 16.5. The molecule has 2 aromatic rings. The number of ether oxygens (including phenoxy) is 1. The molecule has 1 aromatic heterocycles. The van der Waals surface area contributed by atoms with Crippen molar-refractivity contribution < 1.29 is 9.53 Å². The molecule has 0 fully saturated rings. The topological polar surface area (TPSA) is 63.2 Å². The molecule has 2 N–H and O–H groups in total. The van der Waals surface area contributed by atoms with Gasteiger partial charge in [0.2, 0.25) is 0 Å². The van der Waals surface area contributed by atoms with E-state index < -0.39 is 0 Å². The fourth-order valence-electron chi connectivity index (χ4n) is 3.03. The zero-order valence-electron chi connectivity index (χ0n) is 15.1. The van der Waals surface area contributed by atoms with E-state index in [1.54, 1.807) is 31.0 Å². The van der Waals surface area contributed by atoms with Crippen LogP contribution in [0.25, 0.3) is 0 Å². The second-order valence-corrected chi connectivity index (χ2v) is 6.40. The number of rotatable bonds is 7. The Bertz CT molecular complexity index is 769. The second kappa shape index (κ2) is 9.04. The maximum atomic E-state index is 12.3. The summed E-state index contributed by atoms with van der Waals surface area (Å²) in [6, 6.07) is 10.9. The fourth-order valence-corrected chi connectivity index (χ4v) is 3.03. The van der Waals surface area contributed by atoms with Crippen LogP contribution in [0.1, 0.15) is 42.6 Å². The van der Waals surface area contributed by atoms with E-state index in [-0.39, 0.29) is 5.91 Å². The van der Waals surface area contributed by atoms with Crippen molar-refractivity contribution in [2.45, 2.75) is 32.1 Å². The van der Waals surface area contributed by atoms with Gasteiger partial charge in [0, 0.05) is 18.3 Å². The van der Waals surface area contributed by atoms with Gasteiger partial charge >= 0.3 is 0 Å². The molecule has 0 unspecified atom stereocenters. The van der Waals surface area contributed by atoms with Gasteiger partial charge in [-0.25, -0.2) is 4.98 Å². The molecule has 26 heavy (non-hydrogen) atoms. The number of hydrogen-bond donors (Lipinski definition) is 2. The molecule has 0 atom stereocenters. The Morgan fingerprint density at radius 1 is 1.19 bits per heavy atom. The lowest BCUT2D eigenvalue weighted by molar-refractivity contribution is 0.102. The van der Waals surface area contributed by atoms with Gasteiger partial charge in [-0.15, -0.1) is 0 Å². The number of nitrogens with zero attached hydrogens (tertiary/aromatic N) is 1. The molecule has 0 bridgehead atoms. The van der Waals surface area contributed by atoms with Gasteiger partial charge < -0.3 is 15.4 Å². The van der Waals surface area contributed by atoms with Crippen LogP contribution in [0.5, 0.6) is 5.75 Å². The molecule has 5 nitrogen and oxygen atoms in total. The standard InChI is InChI=1S/C21H25N3O2/c1-26-19-9-5-8-17(14-19)24-21(25)20-11-10-18(15-23-20)22-13-12-16-6-3-2-4-7-16/h5-6,8-11,14-15,22H,2-4,7,12-13H2,1H3,(H,24,25). The molecule has 1 aliphatic carbocycles. The summed E-state index contributed by atoms with van der Waals surface area (Å²) in [4.78, 5) is 16.6. The van der Waals surface area contributed by atoms with E-state index in [1.165, 1.54) is 25.7 Å². The highest BCUT2D eigenvalue weighted by Gasteiger charge is 2.08. The molecule has 1 aromatic carbocycles. The Kier molecular flexibility index (Phi) is 6.25. The SMILES string of the molecule is COc1cccc(NC(=O)c2ccc(NCCC3=CCCCC3)cn2)c1. The molecule has 0 saturated carbocycles. The Balaban J connectivity index is 1.51. The molecule has 136 valence electrons. The van der Waals surface area contributed by atoms with E-state index in [0.29, 0.717) is 17.1 Å². The maximum Gasteiger partial charge on any atom is 0.274 e. The number of methoxy groups -OCH3 is 1. The van der Waals surface area contributed by atoms with E-state index in [2.05, 4.69) is 21.7 Å². The van der Waals surface area contributed by atoms with Gasteiger partial charge in [0.1, 0.15) is 11.4 Å². The van der Waals surface area contributed by atoms with Crippen molar-refractivity contribution in [3.63, 3.8) is 0 Å². The van der Waals surface area contributed by atoms with Crippen LogP contribution < -0.4 is 15.4 Å². The van der Waals surface area contributed by atoms with Crippen molar-refractivity contribution in [1.29, 1.82) is 0 Å². The van der Waals surface area contributed by atoms with Gasteiger partial charge in [-0.2, -0.15) is 0 Å². The summed E-state index contributed by atoms with van der Waals surface area (Å²) in [5, 5.41) is 6.20. The van der Waals surface area contributed by atoms with Gasteiger partial charge in [-0.1, -0.05) is 17.7 Å². The average Bonchev–Trinajstić information content (AvgIpc) is 2.69. The number of amides is 1. The second-order valence-electron chi connectivity index (χ2n) is 6.40. The first-order valence-electron chi connectivity index (χ1n) is 9.08. The van der Waals surface area contributed by atoms with Crippen molar-refractivity contribution in [3.05, 3.63) is 59.9 Å². The zero-order chi connectivity index (χ0) is 18.2. The van der Waals surface area contributed by atoms with Crippen LogP contribution in [0.15, 0.2) is 54.2 Å². The molecular weight excluding hydrogens is 326 g/mol. The molecule has 1 aliphatic rings. The van der Waals surface area contributed by atoms with Gasteiger partial charge in [0.05, 0.1) is 19.0 Å². The average molecular weight is 351 g/mol. The number of allylic oxidation sites excluding steroid dienone is 1. The fraction of sp³-hybridized carbons (Fsp3) is 0.333. The first-order chi connectivity index (χ1) is 12.7. The monoisotopic (exact) mass is 351 g/mol. The Hall–Kier alpha value is -2.82. The molecule has 0 aliphatic heterocycles. The Labute approximate surface area is 154 Å². The number of carbonyl (C=O) groups is 1. The van der Waals surface area contributed by atoms with Gasteiger partial charge in [-0.05, 0) is 56.4 Å². The summed E-state index contributed by atoms with van der Waals surface area (Å²) in [6.07, 6.45) is 10.2. The lowest BCUT2D eigenvalue weighted by Gasteiger charge is -2.13. The van der Waals surface area contributed by atoms with Gasteiger partial charge in [0.25, 0.3) is 5.91 Å². The van der Waals surface area contributed by atoms with E-state index >= 15 is 0 Å². The molecule has 0 radical (unpaired) electrons. The van der Waals surface area contributed by atoms with E-state index in [1.807, 2.05) is 24.3 Å². The molecule has 3 rings (SSSR count). The predicted molar refractivity (Wildman–Crippen MR) is 105 cm³/mol. The largest absolute Gasteiger partial charge is 0.497 e. The van der Waals surface area contributed by atoms with Crippen molar-refractivity contribution >= 4 is 17.3 Å². The lowest BCUT2D eigenvalue weighted by Crippen LogP contribution is -2.14. The van der Waals surface area contributed by atoms with Crippen LogP contribution in [-0.2, 0) is 0 Å². The molecule has 1 amide bonds. The molecule has 1 heterocycles. The van der Waals surface area contributed by atoms with E-state index in [0.717, 1.165) is 18.7 Å². The number of benzene rings is 1. The van der Waals surface area contributed by atoms with Crippen molar-refractivity contribution in [3.8, 4) is 5.75 Å². The third kappa shape index (κ3) is 5.09. The first-order valence-corrected chi connectivity index (χ1v) is 9.08. The normalized spacial score (nSPS) is 13.7. The number of anilines is 2. The quantitative estimate of drug-likeness (QED) is 0.713. The van der Waals surface area contributed by atoms with Crippen LogP contribution in [0.4, 0.5) is 11.4 Å². The summed E-state index contributed by atoms with van der Waals surface area (Å²) in [5.74, 6) is 0.459. The Morgan fingerprint density at radius 2 is 2.12 bits per heavy atom. The number of hydrogen-bond acceptors (Lipinski definition) is 4. The smallest absolute Gasteiger partial charge is 0.274 e. The summed E-state index contributed by atoms with van der Waals surface area (Å²) in [7, 11) is 1.60. The van der Waals surface area contributed by atoms with Crippen LogP contribution in [0.3, 0.4) is 0 Å². The Morgan fingerprint density at radius 3 is 2.85 bits per heavy atom. The minimum absolute atomic E-state index is 0.239. The van der Waals surface area contributed by atoms with Crippen molar-refractivity contribution in [2.24, 2.45) is 0 Å². The summed E-state index contributed by atoms with van der Waals surface area (Å²) in [5.41, 5.74) is 3.54. The highest BCUT2D eigenvalue weighted by molar-refractivity contribution is 6.03. The number of pyridine rings is 1. The molecule has 5 heteroatoms. The number of nitrogens with one attached hydrogen (secondary N) is 2. The minimum Gasteiger partial charge on any atom is -0.497 e. The third-order valence-electron chi connectivity index (χ3n) is 4.48. The van der Waals surface area contributed by atoms with E-state index in [4.69, 9.17) is 4.74 Å². The van der Waals surface area contributed by atoms with Crippen molar-refractivity contribution in [1.82, 2.24) is 4.98 Å². The van der Waals surface area contributed by atoms with Crippen LogP contribution in [0.2, 0.25) is 0 Å². The predicted octanol–water partition coefficient (Wildman–Crippen LogP) is 4.64. The van der Waals surface area contributed by atoms with Crippen LogP contribution >= 0.6 is 0 Å². The first kappa shape index (κ1) is 18.0. The molecule has 0 saturated heterocycles. The van der Waals surface area contributed by atoms with E-state index in [9.17, 15) is 4.79 Å². The van der Waals surface area contributed by atoms with Gasteiger partial charge in [0.15, 0.2) is 0 Å². The summed E-state index contributed by atoms with van der Waals surface area (Å²) < 4.78 is 5.16. The third-order valence-corrected chi connectivity index (χ3v) is 4.48. The van der Waals surface area contributed by atoms with Crippen molar-refractivity contribution in [2.75, 3.05) is 24.3 Å². The number of carbonyl (C=O) groups excluding carboxylic acids is 1. The molecular formula is C21H25N3O2. The van der Waals surface area contributed by atoms with Crippen LogP contribution in [0, 0.1) is 0 Å². The lowest BCUT2D eigenvalue weighted by atomic mass is 9.97.